The Morgan fingerprint density at radius 1 is 0.750 bits per heavy atom. The van der Waals surface area contributed by atoms with Crippen molar-refractivity contribution in [3.05, 3.63) is 71.5 Å². The van der Waals surface area contributed by atoms with Crippen LogP contribution in [-0.2, 0) is 0 Å². The van der Waals surface area contributed by atoms with Crippen molar-refractivity contribution in [1.82, 2.24) is 9.97 Å². The van der Waals surface area contributed by atoms with Crippen LogP contribution in [0.25, 0.3) is 0 Å². The normalized spacial score (nSPS) is 11.0. The van der Waals surface area contributed by atoms with Crippen LogP contribution in [0.15, 0.2) is 80.5 Å². The lowest BCUT2D eigenvalue weighted by Gasteiger charge is -2.16. The molecule has 2 aromatic carbocycles. The lowest BCUT2D eigenvalue weighted by molar-refractivity contribution is 0.758. The van der Waals surface area contributed by atoms with Crippen molar-refractivity contribution in [3.63, 3.8) is 0 Å². The van der Waals surface area contributed by atoms with Gasteiger partial charge in [-0.1, -0.05) is 73.8 Å². The standard InChI is InChI=1S/C19H17ClN2S2/c1-13(2)16-17(23-14-9-5-3-6-10-14)21-19(20)22-18(16)24-15-11-7-4-8-12-15/h3-13H,1-2H3. The molecule has 3 aromatic rings. The number of hydrogen-bond donors (Lipinski definition) is 0. The van der Waals surface area contributed by atoms with Gasteiger partial charge in [0.05, 0.1) is 0 Å². The van der Waals surface area contributed by atoms with Crippen LogP contribution in [0, 0.1) is 0 Å². The van der Waals surface area contributed by atoms with Gasteiger partial charge in [-0.05, 0) is 41.8 Å². The molecule has 0 N–H and O–H groups in total. The first-order chi connectivity index (χ1) is 11.6. The zero-order chi connectivity index (χ0) is 16.9. The summed E-state index contributed by atoms with van der Waals surface area (Å²) in [5.74, 6) is 0.305. The van der Waals surface area contributed by atoms with Gasteiger partial charge in [0.25, 0.3) is 0 Å². The largest absolute Gasteiger partial charge is 0.224 e. The van der Waals surface area contributed by atoms with Gasteiger partial charge < -0.3 is 0 Å². The number of halogens is 1. The Morgan fingerprint density at radius 3 is 1.54 bits per heavy atom. The predicted molar refractivity (Wildman–Crippen MR) is 102 cm³/mol. The quantitative estimate of drug-likeness (QED) is 0.374. The monoisotopic (exact) mass is 372 g/mol. The molecule has 24 heavy (non-hydrogen) atoms. The average Bonchev–Trinajstić information content (AvgIpc) is 2.56. The van der Waals surface area contributed by atoms with E-state index in [1.165, 1.54) is 0 Å². The Balaban J connectivity index is 2.02. The molecule has 0 bridgehead atoms. The van der Waals surface area contributed by atoms with E-state index in [0.29, 0.717) is 5.92 Å². The molecule has 0 aliphatic heterocycles. The highest BCUT2D eigenvalue weighted by Crippen LogP contribution is 2.40. The molecule has 0 atom stereocenters. The van der Waals surface area contributed by atoms with Gasteiger partial charge in [0.2, 0.25) is 5.28 Å². The number of benzene rings is 2. The zero-order valence-electron chi connectivity index (χ0n) is 13.4. The van der Waals surface area contributed by atoms with Crippen LogP contribution in [0.3, 0.4) is 0 Å². The molecule has 0 fully saturated rings. The van der Waals surface area contributed by atoms with E-state index in [9.17, 15) is 0 Å². The fourth-order valence-corrected chi connectivity index (χ4v) is 4.77. The molecule has 3 rings (SSSR count). The third kappa shape index (κ3) is 4.32. The van der Waals surface area contributed by atoms with Crippen LogP contribution in [0.2, 0.25) is 5.28 Å². The maximum absolute atomic E-state index is 6.21. The first-order valence-electron chi connectivity index (χ1n) is 7.66. The number of nitrogens with zero attached hydrogens (tertiary/aromatic N) is 2. The average molecular weight is 373 g/mol. The first kappa shape index (κ1) is 17.3. The second-order valence-electron chi connectivity index (χ2n) is 5.50. The molecule has 0 saturated carbocycles. The van der Waals surface area contributed by atoms with Crippen LogP contribution in [0.5, 0.6) is 0 Å². The van der Waals surface area contributed by atoms with Crippen molar-refractivity contribution < 1.29 is 0 Å². The molecule has 0 amide bonds. The predicted octanol–water partition coefficient (Wildman–Crippen LogP) is 6.56. The van der Waals surface area contributed by atoms with Crippen molar-refractivity contribution in [2.75, 3.05) is 0 Å². The van der Waals surface area contributed by atoms with Crippen molar-refractivity contribution in [2.45, 2.75) is 39.6 Å². The van der Waals surface area contributed by atoms with E-state index in [0.717, 1.165) is 25.4 Å². The van der Waals surface area contributed by atoms with Crippen molar-refractivity contribution in [1.29, 1.82) is 0 Å². The summed E-state index contributed by atoms with van der Waals surface area (Å²) >= 11 is 9.48. The summed E-state index contributed by atoms with van der Waals surface area (Å²) in [5.41, 5.74) is 1.14. The van der Waals surface area contributed by atoms with E-state index in [-0.39, 0.29) is 5.28 Å². The topological polar surface area (TPSA) is 25.8 Å². The van der Waals surface area contributed by atoms with Crippen molar-refractivity contribution in [3.8, 4) is 0 Å². The van der Waals surface area contributed by atoms with E-state index >= 15 is 0 Å². The van der Waals surface area contributed by atoms with Crippen molar-refractivity contribution >= 4 is 35.1 Å². The van der Waals surface area contributed by atoms with Crippen LogP contribution in [0.1, 0.15) is 25.3 Å². The second kappa shape index (κ2) is 8.06. The summed E-state index contributed by atoms with van der Waals surface area (Å²) in [6.07, 6.45) is 0. The molecule has 0 aliphatic rings. The van der Waals surface area contributed by atoms with Crippen LogP contribution < -0.4 is 0 Å². The fraction of sp³-hybridized carbons (Fsp3) is 0.158. The molecule has 2 nitrogen and oxygen atoms in total. The van der Waals surface area contributed by atoms with E-state index in [4.69, 9.17) is 11.6 Å². The minimum atomic E-state index is 0.288. The Kier molecular flexibility index (Phi) is 5.82. The van der Waals surface area contributed by atoms with Gasteiger partial charge in [-0.2, -0.15) is 0 Å². The molecule has 0 spiro atoms. The molecule has 1 aromatic heterocycles. The maximum Gasteiger partial charge on any atom is 0.224 e. The summed E-state index contributed by atoms with van der Waals surface area (Å²) in [6.45, 7) is 4.33. The highest BCUT2D eigenvalue weighted by Gasteiger charge is 2.19. The third-order valence-electron chi connectivity index (χ3n) is 3.34. The summed E-state index contributed by atoms with van der Waals surface area (Å²) in [4.78, 5) is 11.3. The molecule has 0 radical (unpaired) electrons. The molecule has 0 saturated heterocycles. The van der Waals surface area contributed by atoms with Crippen LogP contribution in [0.4, 0.5) is 0 Å². The van der Waals surface area contributed by atoms with Crippen LogP contribution in [-0.4, -0.2) is 9.97 Å². The first-order valence-corrected chi connectivity index (χ1v) is 9.68. The van der Waals surface area contributed by atoms with E-state index in [1.54, 1.807) is 23.5 Å². The van der Waals surface area contributed by atoms with Gasteiger partial charge in [-0.15, -0.1) is 0 Å². The Bertz CT molecular complexity index is 746. The Hall–Kier alpha value is -1.49. The number of rotatable bonds is 5. The highest BCUT2D eigenvalue weighted by molar-refractivity contribution is 8.00. The van der Waals surface area contributed by atoms with Gasteiger partial charge in [-0.3, -0.25) is 0 Å². The summed E-state index contributed by atoms with van der Waals surface area (Å²) in [6, 6.07) is 20.4. The summed E-state index contributed by atoms with van der Waals surface area (Å²) in [7, 11) is 0. The summed E-state index contributed by atoms with van der Waals surface area (Å²) < 4.78 is 0. The smallest absolute Gasteiger partial charge is 0.211 e. The maximum atomic E-state index is 6.21. The Labute approximate surface area is 156 Å². The minimum Gasteiger partial charge on any atom is -0.211 e. The molecule has 0 aliphatic carbocycles. The molecule has 122 valence electrons. The molecule has 5 heteroatoms. The van der Waals surface area contributed by atoms with Crippen LogP contribution >= 0.6 is 35.1 Å². The van der Waals surface area contributed by atoms with Gasteiger partial charge in [0.15, 0.2) is 0 Å². The minimum absolute atomic E-state index is 0.288. The SMILES string of the molecule is CC(C)c1c(Sc2ccccc2)nc(Cl)nc1Sc1ccccc1. The second-order valence-corrected chi connectivity index (χ2v) is 7.96. The molecule has 1 heterocycles. The van der Waals surface area contributed by atoms with E-state index < -0.39 is 0 Å². The van der Waals surface area contributed by atoms with E-state index in [2.05, 4.69) is 48.1 Å². The third-order valence-corrected chi connectivity index (χ3v) is 5.54. The zero-order valence-corrected chi connectivity index (χ0v) is 15.8. The van der Waals surface area contributed by atoms with E-state index in [1.807, 2.05) is 36.4 Å². The molecule has 0 unspecified atom stereocenters. The summed E-state index contributed by atoms with van der Waals surface area (Å²) in [5, 5.41) is 2.14. The fourth-order valence-electron chi connectivity index (χ4n) is 2.25. The Morgan fingerprint density at radius 2 is 1.17 bits per heavy atom. The molecular formula is C19H17ClN2S2. The van der Waals surface area contributed by atoms with Gasteiger partial charge >= 0.3 is 0 Å². The van der Waals surface area contributed by atoms with Gasteiger partial charge in [-0.25, -0.2) is 9.97 Å². The van der Waals surface area contributed by atoms with Gasteiger partial charge in [0.1, 0.15) is 10.1 Å². The lowest BCUT2D eigenvalue weighted by Crippen LogP contribution is -2.01. The van der Waals surface area contributed by atoms with Gasteiger partial charge in [0, 0.05) is 15.4 Å². The lowest BCUT2D eigenvalue weighted by atomic mass is 10.1. The number of hydrogen-bond acceptors (Lipinski definition) is 4. The number of aromatic nitrogens is 2. The highest BCUT2D eigenvalue weighted by atomic mass is 35.5. The van der Waals surface area contributed by atoms with Crippen molar-refractivity contribution in [2.24, 2.45) is 0 Å². The molecular weight excluding hydrogens is 356 g/mol.